The normalized spacial score (nSPS) is 24.4. The first-order valence-electron chi connectivity index (χ1n) is 10.3. The van der Waals surface area contributed by atoms with Gasteiger partial charge in [0.15, 0.2) is 6.10 Å². The number of pyridine rings is 1. The zero-order valence-electron chi connectivity index (χ0n) is 16.2. The number of imidazole rings is 1. The minimum atomic E-state index is -0.451. The van der Waals surface area contributed by atoms with Crippen molar-refractivity contribution in [2.75, 3.05) is 26.2 Å². The van der Waals surface area contributed by atoms with Gasteiger partial charge in [-0.25, -0.2) is 4.98 Å². The quantitative estimate of drug-likeness (QED) is 0.811. The standard InChI is InChI=1S/C21H27N5O2/c27-19(25-9-1-2-10-25)18-16-26-13-8-23-20(26)21(28-18)5-11-24(12-6-21)15-17-4-3-7-22-14-17/h3-4,7-8,13-14,18H,1-2,5-6,9-12,15-16H2/t18-/m0/s1. The van der Waals surface area contributed by atoms with Crippen LogP contribution in [-0.4, -0.2) is 62.5 Å². The minimum absolute atomic E-state index is 0.147. The molecule has 2 aromatic rings. The van der Waals surface area contributed by atoms with E-state index < -0.39 is 11.7 Å². The van der Waals surface area contributed by atoms with Gasteiger partial charge in [-0.3, -0.25) is 14.7 Å². The number of carbonyl (C=O) groups is 1. The highest BCUT2D eigenvalue weighted by Gasteiger charge is 2.47. The van der Waals surface area contributed by atoms with E-state index in [4.69, 9.17) is 4.74 Å². The van der Waals surface area contributed by atoms with Crippen molar-refractivity contribution in [3.8, 4) is 0 Å². The van der Waals surface area contributed by atoms with E-state index in [1.807, 2.05) is 35.8 Å². The summed E-state index contributed by atoms with van der Waals surface area (Å²) < 4.78 is 8.70. The third-order valence-corrected chi connectivity index (χ3v) is 6.34. The van der Waals surface area contributed by atoms with E-state index >= 15 is 0 Å². The summed E-state index contributed by atoms with van der Waals surface area (Å²) in [6.45, 7) is 5.04. The summed E-state index contributed by atoms with van der Waals surface area (Å²) in [6, 6.07) is 4.10. The molecule has 7 heteroatoms. The molecule has 0 aromatic carbocycles. The van der Waals surface area contributed by atoms with E-state index in [1.54, 1.807) is 0 Å². The number of carbonyl (C=O) groups excluding carboxylic acids is 1. The zero-order valence-corrected chi connectivity index (χ0v) is 16.2. The second-order valence-electron chi connectivity index (χ2n) is 8.17. The maximum absolute atomic E-state index is 13.0. The van der Waals surface area contributed by atoms with Gasteiger partial charge in [0.05, 0.1) is 6.54 Å². The Labute approximate surface area is 165 Å². The lowest BCUT2D eigenvalue weighted by molar-refractivity contribution is -0.180. The maximum atomic E-state index is 13.0. The predicted octanol–water partition coefficient (Wildman–Crippen LogP) is 1.79. The molecule has 28 heavy (non-hydrogen) atoms. The van der Waals surface area contributed by atoms with Crippen LogP contribution in [0.25, 0.3) is 0 Å². The molecule has 0 N–H and O–H groups in total. The van der Waals surface area contributed by atoms with Gasteiger partial charge >= 0.3 is 0 Å². The number of aromatic nitrogens is 3. The first-order chi connectivity index (χ1) is 13.7. The average molecular weight is 381 g/mol. The maximum Gasteiger partial charge on any atom is 0.253 e. The molecule has 0 saturated carbocycles. The number of piperidine rings is 1. The van der Waals surface area contributed by atoms with Gasteiger partial charge in [-0.1, -0.05) is 6.07 Å². The van der Waals surface area contributed by atoms with Crippen molar-refractivity contribution in [2.45, 2.75) is 50.5 Å². The molecule has 3 aliphatic heterocycles. The van der Waals surface area contributed by atoms with Gasteiger partial charge in [0.25, 0.3) is 5.91 Å². The van der Waals surface area contributed by atoms with E-state index in [-0.39, 0.29) is 5.91 Å². The van der Waals surface area contributed by atoms with Crippen LogP contribution < -0.4 is 0 Å². The summed E-state index contributed by atoms with van der Waals surface area (Å²) in [6.07, 6.45) is 11.1. The number of nitrogens with zero attached hydrogens (tertiary/aromatic N) is 5. The highest BCUT2D eigenvalue weighted by Crippen LogP contribution is 2.40. The minimum Gasteiger partial charge on any atom is -0.352 e. The van der Waals surface area contributed by atoms with Crippen LogP contribution in [0, 0.1) is 0 Å². The van der Waals surface area contributed by atoms with Crippen molar-refractivity contribution in [2.24, 2.45) is 0 Å². The Hall–Kier alpha value is -2.25. The Kier molecular flexibility index (Phi) is 4.64. The summed E-state index contributed by atoms with van der Waals surface area (Å²) in [5, 5.41) is 0. The summed E-state index contributed by atoms with van der Waals surface area (Å²) in [5.41, 5.74) is 0.777. The van der Waals surface area contributed by atoms with Gasteiger partial charge in [-0.05, 0) is 37.3 Å². The SMILES string of the molecule is O=C([C@@H]1Cn2ccnc2C2(CCN(Cc3cccnc3)CC2)O1)N1CCCC1. The predicted molar refractivity (Wildman–Crippen MR) is 103 cm³/mol. The van der Waals surface area contributed by atoms with Crippen molar-refractivity contribution < 1.29 is 9.53 Å². The molecule has 3 aliphatic rings. The monoisotopic (exact) mass is 381 g/mol. The number of fused-ring (bicyclic) bond motifs is 2. The van der Waals surface area contributed by atoms with Crippen LogP contribution in [0.2, 0.25) is 0 Å². The molecule has 2 saturated heterocycles. The Morgan fingerprint density at radius 2 is 2.00 bits per heavy atom. The summed E-state index contributed by atoms with van der Waals surface area (Å²) in [7, 11) is 0. The molecule has 0 unspecified atom stereocenters. The average Bonchev–Trinajstić information content (AvgIpc) is 3.42. The van der Waals surface area contributed by atoms with Crippen LogP contribution in [0.15, 0.2) is 36.9 Å². The van der Waals surface area contributed by atoms with Gasteiger partial charge in [0, 0.05) is 57.5 Å². The van der Waals surface area contributed by atoms with E-state index in [1.165, 1.54) is 5.56 Å². The largest absolute Gasteiger partial charge is 0.352 e. The van der Waals surface area contributed by atoms with Crippen molar-refractivity contribution in [3.05, 3.63) is 48.3 Å². The van der Waals surface area contributed by atoms with Crippen molar-refractivity contribution in [1.82, 2.24) is 24.3 Å². The Balaban J connectivity index is 1.32. The second kappa shape index (κ2) is 7.29. The Morgan fingerprint density at radius 1 is 1.18 bits per heavy atom. The van der Waals surface area contributed by atoms with E-state index in [0.717, 1.165) is 64.2 Å². The third-order valence-electron chi connectivity index (χ3n) is 6.34. The van der Waals surface area contributed by atoms with Gasteiger partial charge in [0.2, 0.25) is 0 Å². The fourth-order valence-corrected chi connectivity index (χ4v) is 4.83. The number of amides is 1. The fraction of sp³-hybridized carbons (Fsp3) is 0.571. The molecule has 2 fully saturated rings. The number of hydrogen-bond acceptors (Lipinski definition) is 5. The van der Waals surface area contributed by atoms with Crippen LogP contribution in [0.4, 0.5) is 0 Å². The number of rotatable bonds is 3. The lowest BCUT2D eigenvalue weighted by atomic mass is 9.88. The molecule has 0 radical (unpaired) electrons. The van der Waals surface area contributed by atoms with Crippen molar-refractivity contribution in [1.29, 1.82) is 0 Å². The summed E-state index contributed by atoms with van der Waals surface area (Å²) in [4.78, 5) is 26.3. The second-order valence-corrected chi connectivity index (χ2v) is 8.17. The molecule has 5 rings (SSSR count). The number of likely N-dealkylation sites (tertiary alicyclic amines) is 2. The number of ether oxygens (including phenoxy) is 1. The molecule has 1 spiro atoms. The molecule has 1 atom stereocenters. The lowest BCUT2D eigenvalue weighted by Gasteiger charge is -2.46. The molecule has 0 bridgehead atoms. The summed E-state index contributed by atoms with van der Waals surface area (Å²) >= 11 is 0. The van der Waals surface area contributed by atoms with Gasteiger partial charge in [0.1, 0.15) is 11.4 Å². The Bertz CT molecular complexity index is 822. The van der Waals surface area contributed by atoms with Crippen molar-refractivity contribution >= 4 is 5.91 Å². The van der Waals surface area contributed by atoms with E-state index in [2.05, 4.69) is 25.5 Å². The van der Waals surface area contributed by atoms with Crippen LogP contribution in [0.3, 0.4) is 0 Å². The molecule has 0 aliphatic carbocycles. The number of hydrogen-bond donors (Lipinski definition) is 0. The van der Waals surface area contributed by atoms with E-state index in [0.29, 0.717) is 6.54 Å². The van der Waals surface area contributed by atoms with E-state index in [9.17, 15) is 4.79 Å². The van der Waals surface area contributed by atoms with Gasteiger partial charge in [-0.2, -0.15) is 0 Å². The van der Waals surface area contributed by atoms with Gasteiger partial charge < -0.3 is 14.2 Å². The highest BCUT2D eigenvalue weighted by molar-refractivity contribution is 5.81. The van der Waals surface area contributed by atoms with Crippen molar-refractivity contribution in [3.63, 3.8) is 0 Å². The Morgan fingerprint density at radius 3 is 2.75 bits per heavy atom. The molecule has 148 valence electrons. The van der Waals surface area contributed by atoms with Crippen LogP contribution in [0.1, 0.15) is 37.1 Å². The zero-order chi connectivity index (χ0) is 19.0. The smallest absolute Gasteiger partial charge is 0.253 e. The summed E-state index contributed by atoms with van der Waals surface area (Å²) in [5.74, 6) is 1.13. The molecule has 2 aromatic heterocycles. The molecule has 7 nitrogen and oxygen atoms in total. The van der Waals surface area contributed by atoms with Crippen LogP contribution >= 0.6 is 0 Å². The molecular formula is C21H27N5O2. The molecule has 1 amide bonds. The lowest BCUT2D eigenvalue weighted by Crippen LogP contribution is -2.54. The third kappa shape index (κ3) is 3.22. The first kappa shape index (κ1) is 17.8. The van der Waals surface area contributed by atoms with Gasteiger partial charge in [-0.15, -0.1) is 0 Å². The van der Waals surface area contributed by atoms with Crippen LogP contribution in [-0.2, 0) is 28.2 Å². The highest BCUT2D eigenvalue weighted by atomic mass is 16.5. The topological polar surface area (TPSA) is 63.5 Å². The fourth-order valence-electron chi connectivity index (χ4n) is 4.83. The molecular weight excluding hydrogens is 354 g/mol. The first-order valence-corrected chi connectivity index (χ1v) is 10.3. The molecule has 5 heterocycles. The van der Waals surface area contributed by atoms with Crippen LogP contribution in [0.5, 0.6) is 0 Å².